The molecule has 1 unspecified atom stereocenters. The molecular weight excluding hydrogens is 266 g/mol. The van der Waals surface area contributed by atoms with Crippen LogP contribution < -0.4 is 10.1 Å². The van der Waals surface area contributed by atoms with Gasteiger partial charge in [-0.1, -0.05) is 12.1 Å². The summed E-state index contributed by atoms with van der Waals surface area (Å²) in [6.45, 7) is 3.86. The van der Waals surface area contributed by atoms with E-state index in [1.165, 1.54) is 0 Å². The molecule has 0 aromatic heterocycles. The first-order valence-electron chi connectivity index (χ1n) is 6.75. The molecule has 0 aliphatic carbocycles. The second-order valence-electron chi connectivity index (χ2n) is 4.97. The lowest BCUT2D eigenvalue weighted by atomic mass is 10.1. The summed E-state index contributed by atoms with van der Waals surface area (Å²) in [7, 11) is 1.64. The summed E-state index contributed by atoms with van der Waals surface area (Å²) in [6, 6.07) is 13.2. The third-order valence-electron chi connectivity index (χ3n) is 3.46. The van der Waals surface area contributed by atoms with Gasteiger partial charge in [-0.2, -0.15) is 0 Å². The minimum absolute atomic E-state index is 0.117. The van der Waals surface area contributed by atoms with E-state index in [0.29, 0.717) is 5.56 Å². The average Bonchev–Trinajstić information content (AvgIpc) is 2.47. The number of carboxylic acids is 1. The van der Waals surface area contributed by atoms with E-state index in [9.17, 15) is 4.79 Å². The van der Waals surface area contributed by atoms with E-state index in [-0.39, 0.29) is 6.04 Å². The van der Waals surface area contributed by atoms with E-state index in [0.717, 1.165) is 22.6 Å². The Bertz CT molecular complexity index is 635. The normalized spacial score (nSPS) is 11.8. The lowest BCUT2D eigenvalue weighted by molar-refractivity contribution is 0.0696. The number of anilines is 1. The van der Waals surface area contributed by atoms with Gasteiger partial charge in [0.15, 0.2) is 0 Å². The van der Waals surface area contributed by atoms with Crippen LogP contribution in [0.1, 0.15) is 34.5 Å². The molecule has 2 N–H and O–H groups in total. The first kappa shape index (κ1) is 14.9. The van der Waals surface area contributed by atoms with Gasteiger partial charge >= 0.3 is 5.97 Å². The maximum atomic E-state index is 11.0. The maximum Gasteiger partial charge on any atom is 0.335 e. The van der Waals surface area contributed by atoms with Crippen molar-refractivity contribution in [2.24, 2.45) is 0 Å². The van der Waals surface area contributed by atoms with E-state index < -0.39 is 5.97 Å². The van der Waals surface area contributed by atoms with Crippen LogP contribution in [0.3, 0.4) is 0 Å². The predicted octanol–water partition coefficient (Wildman–Crippen LogP) is 3.87. The fraction of sp³-hybridized carbons (Fsp3) is 0.235. The van der Waals surface area contributed by atoms with Crippen molar-refractivity contribution < 1.29 is 14.6 Å². The molecule has 0 aliphatic rings. The fourth-order valence-corrected chi connectivity index (χ4v) is 2.22. The number of carbonyl (C=O) groups is 1. The van der Waals surface area contributed by atoms with Crippen molar-refractivity contribution >= 4 is 11.7 Å². The van der Waals surface area contributed by atoms with Crippen molar-refractivity contribution in [3.63, 3.8) is 0 Å². The first-order chi connectivity index (χ1) is 10.0. The standard InChI is InChI=1S/C17H19NO3/c1-11-10-14(6-9-16(11)17(19)20)18-12(2)13-4-7-15(21-3)8-5-13/h4-10,12,18H,1-3H3,(H,19,20). The number of ether oxygens (including phenoxy) is 1. The lowest BCUT2D eigenvalue weighted by Gasteiger charge is -2.17. The largest absolute Gasteiger partial charge is 0.497 e. The van der Waals surface area contributed by atoms with Gasteiger partial charge in [0.2, 0.25) is 0 Å². The summed E-state index contributed by atoms with van der Waals surface area (Å²) in [6.07, 6.45) is 0. The van der Waals surface area contributed by atoms with Crippen molar-refractivity contribution in [2.75, 3.05) is 12.4 Å². The highest BCUT2D eigenvalue weighted by molar-refractivity contribution is 5.89. The van der Waals surface area contributed by atoms with Crippen molar-refractivity contribution in [1.29, 1.82) is 0 Å². The maximum absolute atomic E-state index is 11.0. The smallest absolute Gasteiger partial charge is 0.335 e. The van der Waals surface area contributed by atoms with Gasteiger partial charge in [-0.05, 0) is 55.3 Å². The Labute approximate surface area is 124 Å². The van der Waals surface area contributed by atoms with Crippen molar-refractivity contribution in [1.82, 2.24) is 0 Å². The number of hydrogen-bond acceptors (Lipinski definition) is 3. The zero-order chi connectivity index (χ0) is 15.4. The van der Waals surface area contributed by atoms with Crippen molar-refractivity contribution in [2.45, 2.75) is 19.9 Å². The molecule has 2 aromatic rings. The third kappa shape index (κ3) is 3.54. The van der Waals surface area contributed by atoms with E-state index in [1.807, 2.05) is 30.3 Å². The summed E-state index contributed by atoms with van der Waals surface area (Å²) in [5.41, 5.74) is 3.11. The summed E-state index contributed by atoms with van der Waals surface area (Å²) in [5.74, 6) is -0.0742. The molecule has 0 fully saturated rings. The van der Waals surface area contributed by atoms with Gasteiger partial charge in [-0.25, -0.2) is 4.79 Å². The highest BCUT2D eigenvalue weighted by atomic mass is 16.5. The number of benzene rings is 2. The topological polar surface area (TPSA) is 58.6 Å². The molecule has 4 heteroatoms. The highest BCUT2D eigenvalue weighted by Crippen LogP contribution is 2.23. The second kappa shape index (κ2) is 6.31. The van der Waals surface area contributed by atoms with Crippen LogP contribution in [0, 0.1) is 6.92 Å². The summed E-state index contributed by atoms with van der Waals surface area (Å²) in [4.78, 5) is 11.0. The van der Waals surface area contributed by atoms with Gasteiger partial charge < -0.3 is 15.2 Å². The Morgan fingerprint density at radius 2 is 1.86 bits per heavy atom. The van der Waals surface area contributed by atoms with Gasteiger partial charge in [0, 0.05) is 11.7 Å². The second-order valence-corrected chi connectivity index (χ2v) is 4.97. The highest BCUT2D eigenvalue weighted by Gasteiger charge is 2.09. The molecule has 0 saturated heterocycles. The van der Waals surface area contributed by atoms with Gasteiger partial charge in [0.25, 0.3) is 0 Å². The molecule has 0 saturated carbocycles. The van der Waals surface area contributed by atoms with Crippen LogP contribution in [-0.4, -0.2) is 18.2 Å². The molecule has 0 bridgehead atoms. The van der Waals surface area contributed by atoms with Crippen LogP contribution in [0.4, 0.5) is 5.69 Å². The van der Waals surface area contributed by atoms with Crippen LogP contribution in [-0.2, 0) is 0 Å². The summed E-state index contributed by atoms with van der Waals surface area (Å²) < 4.78 is 5.14. The third-order valence-corrected chi connectivity index (χ3v) is 3.46. The van der Waals surface area contributed by atoms with Gasteiger partial charge in [0.1, 0.15) is 5.75 Å². The average molecular weight is 285 g/mol. The van der Waals surface area contributed by atoms with Crippen molar-refractivity contribution in [3.05, 3.63) is 59.2 Å². The molecule has 21 heavy (non-hydrogen) atoms. The molecule has 0 heterocycles. The Kier molecular flexibility index (Phi) is 4.48. The fourth-order valence-electron chi connectivity index (χ4n) is 2.22. The minimum Gasteiger partial charge on any atom is -0.497 e. The molecule has 0 aliphatic heterocycles. The summed E-state index contributed by atoms with van der Waals surface area (Å²) in [5, 5.41) is 12.4. The molecule has 4 nitrogen and oxygen atoms in total. The first-order valence-corrected chi connectivity index (χ1v) is 6.75. The Balaban J connectivity index is 2.13. The number of hydrogen-bond donors (Lipinski definition) is 2. The predicted molar refractivity (Wildman–Crippen MR) is 83.2 cm³/mol. The van der Waals surface area contributed by atoms with Gasteiger partial charge in [-0.15, -0.1) is 0 Å². The number of nitrogens with one attached hydrogen (secondary N) is 1. The minimum atomic E-state index is -0.901. The number of carboxylic acid groups (broad SMARTS) is 1. The van der Waals surface area contributed by atoms with Gasteiger partial charge in [-0.3, -0.25) is 0 Å². The SMILES string of the molecule is COc1ccc(C(C)Nc2ccc(C(=O)O)c(C)c2)cc1. The Morgan fingerprint density at radius 3 is 2.38 bits per heavy atom. The molecule has 0 spiro atoms. The van der Waals surface area contributed by atoms with E-state index in [1.54, 1.807) is 26.2 Å². The molecule has 2 aromatic carbocycles. The number of methoxy groups -OCH3 is 1. The number of aromatic carboxylic acids is 1. The Hall–Kier alpha value is -2.49. The summed E-state index contributed by atoms with van der Waals surface area (Å²) >= 11 is 0. The molecule has 2 rings (SSSR count). The zero-order valence-corrected chi connectivity index (χ0v) is 12.4. The number of aryl methyl sites for hydroxylation is 1. The van der Waals surface area contributed by atoms with Crippen LogP contribution in [0.15, 0.2) is 42.5 Å². The zero-order valence-electron chi connectivity index (χ0n) is 12.4. The van der Waals surface area contributed by atoms with Crippen molar-refractivity contribution in [3.8, 4) is 5.75 Å². The van der Waals surface area contributed by atoms with E-state index in [2.05, 4.69) is 12.2 Å². The molecule has 110 valence electrons. The molecule has 0 radical (unpaired) electrons. The molecule has 0 amide bonds. The Morgan fingerprint density at radius 1 is 1.19 bits per heavy atom. The van der Waals surface area contributed by atoms with E-state index >= 15 is 0 Å². The quantitative estimate of drug-likeness (QED) is 0.875. The number of rotatable bonds is 5. The van der Waals surface area contributed by atoms with E-state index in [4.69, 9.17) is 9.84 Å². The van der Waals surface area contributed by atoms with Crippen LogP contribution in [0.2, 0.25) is 0 Å². The van der Waals surface area contributed by atoms with Crippen LogP contribution in [0.25, 0.3) is 0 Å². The lowest BCUT2D eigenvalue weighted by Crippen LogP contribution is -2.07. The van der Waals surface area contributed by atoms with Gasteiger partial charge in [0.05, 0.1) is 12.7 Å². The molecular formula is C17H19NO3. The monoisotopic (exact) mass is 285 g/mol. The van der Waals surface area contributed by atoms with Crippen LogP contribution >= 0.6 is 0 Å². The van der Waals surface area contributed by atoms with Crippen LogP contribution in [0.5, 0.6) is 5.75 Å². The molecule has 1 atom stereocenters.